The van der Waals surface area contributed by atoms with E-state index in [-0.39, 0.29) is 5.38 Å². The molecule has 1 nitrogen and oxygen atoms in total. The van der Waals surface area contributed by atoms with Crippen molar-refractivity contribution in [1.82, 2.24) is 0 Å². The second kappa shape index (κ2) is 5.09. The highest BCUT2D eigenvalue weighted by Crippen LogP contribution is 2.44. The Morgan fingerprint density at radius 3 is 2.75 bits per heavy atom. The molecule has 0 heterocycles. The molecule has 0 aromatic heterocycles. The summed E-state index contributed by atoms with van der Waals surface area (Å²) < 4.78 is 5.65. The largest absolute Gasteiger partial charge is 0.494 e. The Morgan fingerprint density at radius 2 is 2.19 bits per heavy atom. The third kappa shape index (κ3) is 2.35. The van der Waals surface area contributed by atoms with Gasteiger partial charge >= 0.3 is 0 Å². The predicted molar refractivity (Wildman–Crippen MR) is 68.3 cm³/mol. The van der Waals surface area contributed by atoms with Gasteiger partial charge in [0.25, 0.3) is 0 Å². The van der Waals surface area contributed by atoms with Crippen molar-refractivity contribution in [2.45, 2.75) is 38.5 Å². The summed E-state index contributed by atoms with van der Waals surface area (Å²) in [7, 11) is 0. The second-order valence-corrected chi connectivity index (χ2v) is 5.04. The van der Waals surface area contributed by atoms with E-state index in [9.17, 15) is 0 Å². The molecule has 1 aliphatic rings. The number of hydrogen-bond donors (Lipinski definition) is 0. The summed E-state index contributed by atoms with van der Waals surface area (Å²) in [6.07, 6.45) is 3.84. The SMILES string of the molecule is CCOc1ccc(C)cc1C(Cl)C1CCC1. The van der Waals surface area contributed by atoms with Gasteiger partial charge < -0.3 is 4.74 Å². The van der Waals surface area contributed by atoms with Crippen molar-refractivity contribution in [3.8, 4) is 5.75 Å². The van der Waals surface area contributed by atoms with Crippen molar-refractivity contribution < 1.29 is 4.74 Å². The van der Waals surface area contributed by atoms with Crippen LogP contribution in [0.15, 0.2) is 18.2 Å². The van der Waals surface area contributed by atoms with Crippen LogP contribution < -0.4 is 4.74 Å². The number of alkyl halides is 1. The van der Waals surface area contributed by atoms with E-state index < -0.39 is 0 Å². The molecule has 1 atom stereocenters. The quantitative estimate of drug-likeness (QED) is 0.703. The Kier molecular flexibility index (Phi) is 3.75. The minimum absolute atomic E-state index is 0.121. The first kappa shape index (κ1) is 11.8. The maximum Gasteiger partial charge on any atom is 0.123 e. The molecular formula is C14H19ClO. The Hall–Kier alpha value is -0.690. The molecule has 1 aromatic rings. The molecule has 0 amide bonds. The van der Waals surface area contributed by atoms with Gasteiger partial charge in [-0.2, -0.15) is 0 Å². The van der Waals surface area contributed by atoms with Gasteiger partial charge in [0.05, 0.1) is 12.0 Å². The van der Waals surface area contributed by atoms with E-state index in [1.807, 2.05) is 13.0 Å². The molecule has 0 bridgehead atoms. The molecule has 0 radical (unpaired) electrons. The molecule has 0 aliphatic heterocycles. The van der Waals surface area contributed by atoms with Crippen molar-refractivity contribution in [2.24, 2.45) is 5.92 Å². The molecule has 1 saturated carbocycles. The molecule has 2 rings (SSSR count). The monoisotopic (exact) mass is 238 g/mol. The van der Waals surface area contributed by atoms with Gasteiger partial charge in [-0.15, -0.1) is 11.6 Å². The van der Waals surface area contributed by atoms with Crippen LogP contribution in [0.25, 0.3) is 0 Å². The van der Waals surface area contributed by atoms with Crippen LogP contribution in [-0.4, -0.2) is 6.61 Å². The van der Waals surface area contributed by atoms with Crippen molar-refractivity contribution in [3.63, 3.8) is 0 Å². The maximum absolute atomic E-state index is 6.54. The van der Waals surface area contributed by atoms with Crippen LogP contribution in [0.5, 0.6) is 5.75 Å². The van der Waals surface area contributed by atoms with Crippen molar-refractivity contribution in [2.75, 3.05) is 6.61 Å². The third-order valence-electron chi connectivity index (χ3n) is 3.33. The van der Waals surface area contributed by atoms with Crippen molar-refractivity contribution in [3.05, 3.63) is 29.3 Å². The summed E-state index contributed by atoms with van der Waals surface area (Å²) >= 11 is 6.54. The average molecular weight is 239 g/mol. The lowest BCUT2D eigenvalue weighted by atomic mass is 9.80. The van der Waals surface area contributed by atoms with Gasteiger partial charge in [0.1, 0.15) is 5.75 Å². The number of ether oxygens (including phenoxy) is 1. The van der Waals surface area contributed by atoms with Gasteiger partial charge in [0.15, 0.2) is 0 Å². The Balaban J connectivity index is 2.24. The molecule has 0 spiro atoms. The highest BCUT2D eigenvalue weighted by Gasteiger charge is 2.28. The topological polar surface area (TPSA) is 9.23 Å². The molecule has 1 fully saturated rings. The summed E-state index contributed by atoms with van der Waals surface area (Å²) in [5.74, 6) is 1.60. The van der Waals surface area contributed by atoms with Crippen LogP contribution in [0.3, 0.4) is 0 Å². The summed E-state index contributed by atoms with van der Waals surface area (Å²) in [6.45, 7) is 4.81. The highest BCUT2D eigenvalue weighted by molar-refractivity contribution is 6.21. The lowest BCUT2D eigenvalue weighted by molar-refractivity contribution is 0.293. The summed E-state index contributed by atoms with van der Waals surface area (Å²) in [6, 6.07) is 6.29. The van der Waals surface area contributed by atoms with Gasteiger partial charge in [0.2, 0.25) is 0 Å². The Labute approximate surface area is 103 Å². The molecule has 2 heteroatoms. The fraction of sp³-hybridized carbons (Fsp3) is 0.571. The van der Waals surface area contributed by atoms with E-state index in [0.717, 1.165) is 5.75 Å². The Morgan fingerprint density at radius 1 is 1.44 bits per heavy atom. The van der Waals surface area contributed by atoms with Gasteiger partial charge in [-0.05, 0) is 38.7 Å². The molecule has 0 N–H and O–H groups in total. The number of aryl methyl sites for hydroxylation is 1. The van der Waals surface area contributed by atoms with Crippen LogP contribution in [0.4, 0.5) is 0 Å². The fourth-order valence-electron chi connectivity index (χ4n) is 2.16. The Bertz CT molecular complexity index is 358. The van der Waals surface area contributed by atoms with E-state index in [0.29, 0.717) is 12.5 Å². The molecular weight excluding hydrogens is 220 g/mol. The maximum atomic E-state index is 6.54. The van der Waals surface area contributed by atoms with Crippen molar-refractivity contribution in [1.29, 1.82) is 0 Å². The summed E-state index contributed by atoms with van der Waals surface area (Å²) in [5.41, 5.74) is 2.43. The standard InChI is InChI=1S/C14H19ClO/c1-3-16-13-8-7-10(2)9-12(13)14(15)11-5-4-6-11/h7-9,11,14H,3-6H2,1-2H3. The van der Waals surface area contributed by atoms with Gasteiger partial charge in [-0.1, -0.05) is 24.1 Å². The summed E-state index contributed by atoms with van der Waals surface area (Å²) in [4.78, 5) is 0. The number of hydrogen-bond acceptors (Lipinski definition) is 1. The number of halogens is 1. The van der Waals surface area contributed by atoms with Crippen LogP contribution in [0.1, 0.15) is 42.7 Å². The number of benzene rings is 1. The van der Waals surface area contributed by atoms with E-state index >= 15 is 0 Å². The molecule has 88 valence electrons. The second-order valence-electron chi connectivity index (χ2n) is 4.57. The van der Waals surface area contributed by atoms with Crippen LogP contribution in [0, 0.1) is 12.8 Å². The summed E-state index contributed by atoms with van der Waals surface area (Å²) in [5, 5.41) is 0.121. The zero-order valence-corrected chi connectivity index (χ0v) is 10.8. The number of rotatable bonds is 4. The lowest BCUT2D eigenvalue weighted by Crippen LogP contribution is -2.17. The normalized spacial score (nSPS) is 17.9. The van der Waals surface area contributed by atoms with Gasteiger partial charge in [-0.25, -0.2) is 0 Å². The first-order valence-electron chi connectivity index (χ1n) is 6.09. The molecule has 1 unspecified atom stereocenters. The highest BCUT2D eigenvalue weighted by atomic mass is 35.5. The van der Waals surface area contributed by atoms with Crippen molar-refractivity contribution >= 4 is 11.6 Å². The van der Waals surface area contributed by atoms with E-state index in [1.165, 1.54) is 30.4 Å². The molecule has 1 aromatic carbocycles. The molecule has 0 saturated heterocycles. The van der Waals surface area contributed by atoms with Crippen LogP contribution in [-0.2, 0) is 0 Å². The first-order chi connectivity index (χ1) is 7.72. The minimum Gasteiger partial charge on any atom is -0.494 e. The zero-order valence-electron chi connectivity index (χ0n) is 10.0. The van der Waals surface area contributed by atoms with E-state index in [2.05, 4.69) is 19.1 Å². The zero-order chi connectivity index (χ0) is 11.5. The lowest BCUT2D eigenvalue weighted by Gasteiger charge is -2.31. The first-order valence-corrected chi connectivity index (χ1v) is 6.53. The van der Waals surface area contributed by atoms with E-state index in [1.54, 1.807) is 0 Å². The predicted octanol–water partition coefficient (Wildman–Crippen LogP) is 4.47. The fourth-order valence-corrected chi connectivity index (χ4v) is 2.58. The average Bonchev–Trinajstić information content (AvgIpc) is 2.18. The van der Waals surface area contributed by atoms with Crippen LogP contribution in [0.2, 0.25) is 0 Å². The van der Waals surface area contributed by atoms with E-state index in [4.69, 9.17) is 16.3 Å². The van der Waals surface area contributed by atoms with Gasteiger partial charge in [0, 0.05) is 5.56 Å². The minimum atomic E-state index is 0.121. The third-order valence-corrected chi connectivity index (χ3v) is 3.92. The van der Waals surface area contributed by atoms with Crippen LogP contribution >= 0.6 is 11.6 Å². The molecule has 16 heavy (non-hydrogen) atoms. The molecule has 1 aliphatic carbocycles. The van der Waals surface area contributed by atoms with Gasteiger partial charge in [-0.3, -0.25) is 0 Å². The smallest absolute Gasteiger partial charge is 0.123 e.